The molecule has 2 N–H and O–H groups in total. The summed E-state index contributed by atoms with van der Waals surface area (Å²) < 4.78 is 10.4. The fraction of sp³-hybridized carbons (Fsp3) is 0.562. The molecule has 116 valence electrons. The van der Waals surface area contributed by atoms with Gasteiger partial charge in [0.25, 0.3) is 0 Å². The van der Waals surface area contributed by atoms with E-state index in [1.54, 1.807) is 20.3 Å². The van der Waals surface area contributed by atoms with E-state index in [2.05, 4.69) is 5.32 Å². The fourth-order valence-corrected chi connectivity index (χ4v) is 2.45. The van der Waals surface area contributed by atoms with Crippen LogP contribution in [0, 0.1) is 5.41 Å². The van der Waals surface area contributed by atoms with Crippen molar-refractivity contribution in [2.45, 2.75) is 25.7 Å². The number of nitrogens with one attached hydrogen (secondary N) is 1. The predicted molar refractivity (Wildman–Crippen MR) is 79.6 cm³/mol. The van der Waals surface area contributed by atoms with E-state index in [1.165, 1.54) is 0 Å². The number of carbonyl (C=O) groups is 1. The fourth-order valence-electron chi connectivity index (χ4n) is 2.45. The highest BCUT2D eigenvalue weighted by Crippen LogP contribution is 2.47. The molecular formula is C16H23NO4. The molecule has 21 heavy (non-hydrogen) atoms. The summed E-state index contributed by atoms with van der Waals surface area (Å²) in [6, 6.07) is 5.48. The van der Waals surface area contributed by atoms with Crippen molar-refractivity contribution in [3.05, 3.63) is 23.8 Å². The lowest BCUT2D eigenvalue weighted by Gasteiger charge is -2.15. The molecule has 1 aromatic carbocycles. The molecule has 0 spiro atoms. The first-order valence-electron chi connectivity index (χ1n) is 7.21. The number of amides is 1. The second kappa shape index (κ2) is 6.80. The summed E-state index contributed by atoms with van der Waals surface area (Å²) in [5.41, 5.74) is 1.03. The molecule has 1 amide bonds. The van der Waals surface area contributed by atoms with Crippen LogP contribution in [0.3, 0.4) is 0 Å². The van der Waals surface area contributed by atoms with E-state index in [9.17, 15) is 4.79 Å². The molecule has 0 atom stereocenters. The number of hydrogen-bond acceptors (Lipinski definition) is 4. The summed E-state index contributed by atoms with van der Waals surface area (Å²) in [4.78, 5) is 12.0. The Morgan fingerprint density at radius 2 is 2.00 bits per heavy atom. The minimum Gasteiger partial charge on any atom is -0.493 e. The number of carbonyl (C=O) groups excluding carboxylic acids is 1. The Morgan fingerprint density at radius 1 is 1.29 bits per heavy atom. The van der Waals surface area contributed by atoms with Crippen LogP contribution in [0.5, 0.6) is 11.5 Å². The van der Waals surface area contributed by atoms with E-state index < -0.39 is 0 Å². The molecule has 0 saturated heterocycles. The second-order valence-electron chi connectivity index (χ2n) is 5.62. The number of rotatable bonds is 8. The van der Waals surface area contributed by atoms with Crippen LogP contribution in [-0.2, 0) is 11.2 Å². The minimum absolute atomic E-state index is 0.00793. The Kier molecular flexibility index (Phi) is 5.07. The Hall–Kier alpha value is -1.75. The van der Waals surface area contributed by atoms with Crippen LogP contribution in [0.2, 0.25) is 0 Å². The van der Waals surface area contributed by atoms with Crippen LogP contribution in [0.1, 0.15) is 24.8 Å². The van der Waals surface area contributed by atoms with E-state index in [4.69, 9.17) is 14.6 Å². The highest BCUT2D eigenvalue weighted by Gasteiger charge is 2.41. The first kappa shape index (κ1) is 15.6. The average Bonchev–Trinajstić information content (AvgIpc) is 3.25. The molecule has 0 bridgehead atoms. The Bertz CT molecular complexity index is 497. The topological polar surface area (TPSA) is 67.8 Å². The average molecular weight is 293 g/mol. The highest BCUT2D eigenvalue weighted by molar-refractivity contribution is 5.78. The maximum atomic E-state index is 12.0. The maximum absolute atomic E-state index is 12.0. The van der Waals surface area contributed by atoms with E-state index in [1.807, 2.05) is 12.1 Å². The monoisotopic (exact) mass is 293 g/mol. The molecule has 1 aliphatic rings. The summed E-state index contributed by atoms with van der Waals surface area (Å²) in [6.07, 6.45) is 3.26. The summed E-state index contributed by atoms with van der Waals surface area (Å²) in [5.74, 6) is 1.27. The lowest BCUT2D eigenvalue weighted by molar-refractivity contribution is -0.120. The number of ether oxygens (including phenoxy) is 2. The van der Waals surface area contributed by atoms with Crippen LogP contribution < -0.4 is 14.8 Å². The third-order valence-electron chi connectivity index (χ3n) is 4.07. The van der Waals surface area contributed by atoms with Gasteiger partial charge in [-0.3, -0.25) is 4.79 Å². The maximum Gasteiger partial charge on any atom is 0.224 e. The number of benzene rings is 1. The summed E-state index contributed by atoms with van der Waals surface area (Å²) in [5, 5.41) is 12.0. The van der Waals surface area contributed by atoms with E-state index in [-0.39, 0.29) is 17.9 Å². The highest BCUT2D eigenvalue weighted by atomic mass is 16.5. The molecule has 0 aliphatic heterocycles. The molecular weight excluding hydrogens is 270 g/mol. The first-order valence-corrected chi connectivity index (χ1v) is 7.21. The standard InChI is InChI=1S/C16H23NO4/c1-20-13-4-3-12(9-14(13)21-2)10-15(19)17-11-16(5-6-16)7-8-18/h3-4,9,18H,5-8,10-11H2,1-2H3,(H,17,19). The second-order valence-corrected chi connectivity index (χ2v) is 5.62. The smallest absolute Gasteiger partial charge is 0.224 e. The molecule has 1 saturated carbocycles. The predicted octanol–water partition coefficient (Wildman–Crippen LogP) is 1.53. The van der Waals surface area contributed by atoms with Crippen molar-refractivity contribution in [3.63, 3.8) is 0 Å². The first-order chi connectivity index (χ1) is 10.1. The lowest BCUT2D eigenvalue weighted by Crippen LogP contribution is -2.31. The molecule has 5 heteroatoms. The number of aliphatic hydroxyl groups is 1. The molecule has 0 radical (unpaired) electrons. The van der Waals surface area contributed by atoms with Crippen molar-refractivity contribution < 1.29 is 19.4 Å². The van der Waals surface area contributed by atoms with E-state index in [0.29, 0.717) is 24.5 Å². The van der Waals surface area contributed by atoms with Crippen molar-refractivity contribution in [2.24, 2.45) is 5.41 Å². The van der Waals surface area contributed by atoms with Crippen molar-refractivity contribution in [2.75, 3.05) is 27.4 Å². The van der Waals surface area contributed by atoms with Crippen LogP contribution in [0.25, 0.3) is 0 Å². The van der Waals surface area contributed by atoms with E-state index in [0.717, 1.165) is 24.8 Å². The third kappa shape index (κ3) is 4.11. The molecule has 1 aromatic rings. The Labute approximate surface area is 125 Å². The van der Waals surface area contributed by atoms with Crippen LogP contribution in [0.4, 0.5) is 0 Å². The van der Waals surface area contributed by atoms with E-state index >= 15 is 0 Å². The third-order valence-corrected chi connectivity index (χ3v) is 4.07. The Morgan fingerprint density at radius 3 is 2.57 bits per heavy atom. The molecule has 0 heterocycles. The molecule has 5 nitrogen and oxygen atoms in total. The van der Waals surface area contributed by atoms with Gasteiger partial charge in [-0.1, -0.05) is 6.07 Å². The van der Waals surface area contributed by atoms with Crippen LogP contribution in [0.15, 0.2) is 18.2 Å². The van der Waals surface area contributed by atoms with Gasteiger partial charge in [-0.2, -0.15) is 0 Å². The Balaban J connectivity index is 1.88. The summed E-state index contributed by atoms with van der Waals surface area (Å²) in [7, 11) is 3.16. The van der Waals surface area contributed by atoms with Crippen molar-refractivity contribution in [1.29, 1.82) is 0 Å². The van der Waals surface area contributed by atoms with Gasteiger partial charge in [-0.05, 0) is 42.4 Å². The van der Waals surface area contributed by atoms with Gasteiger partial charge in [-0.25, -0.2) is 0 Å². The van der Waals surface area contributed by atoms with Crippen molar-refractivity contribution >= 4 is 5.91 Å². The van der Waals surface area contributed by atoms with Gasteiger partial charge < -0.3 is 19.9 Å². The molecule has 1 fully saturated rings. The normalized spacial score (nSPS) is 15.4. The lowest BCUT2D eigenvalue weighted by atomic mass is 10.0. The van der Waals surface area contributed by atoms with Gasteiger partial charge in [0.1, 0.15) is 0 Å². The SMILES string of the molecule is COc1ccc(CC(=O)NCC2(CCO)CC2)cc1OC. The van der Waals surface area contributed by atoms with Crippen molar-refractivity contribution in [3.8, 4) is 11.5 Å². The summed E-state index contributed by atoms with van der Waals surface area (Å²) in [6.45, 7) is 0.839. The molecule has 2 rings (SSSR count). The summed E-state index contributed by atoms with van der Waals surface area (Å²) >= 11 is 0. The van der Waals surface area contributed by atoms with Crippen LogP contribution in [-0.4, -0.2) is 38.4 Å². The van der Waals surface area contributed by atoms with Crippen LogP contribution >= 0.6 is 0 Å². The van der Waals surface area contributed by atoms with Gasteiger partial charge in [0.2, 0.25) is 5.91 Å². The zero-order chi connectivity index (χ0) is 15.3. The van der Waals surface area contributed by atoms with Gasteiger partial charge in [0.15, 0.2) is 11.5 Å². The zero-order valence-corrected chi connectivity index (χ0v) is 12.6. The molecule has 0 unspecified atom stereocenters. The minimum atomic E-state index is -0.00793. The number of methoxy groups -OCH3 is 2. The van der Waals surface area contributed by atoms with Gasteiger partial charge in [-0.15, -0.1) is 0 Å². The number of aliphatic hydroxyl groups excluding tert-OH is 1. The van der Waals surface area contributed by atoms with Gasteiger partial charge >= 0.3 is 0 Å². The molecule has 0 aromatic heterocycles. The number of hydrogen-bond donors (Lipinski definition) is 2. The zero-order valence-electron chi connectivity index (χ0n) is 12.6. The van der Waals surface area contributed by atoms with Gasteiger partial charge in [0, 0.05) is 13.2 Å². The van der Waals surface area contributed by atoms with Gasteiger partial charge in [0.05, 0.1) is 20.6 Å². The van der Waals surface area contributed by atoms with Crippen molar-refractivity contribution in [1.82, 2.24) is 5.32 Å². The quantitative estimate of drug-likeness (QED) is 0.762. The molecule has 1 aliphatic carbocycles. The largest absolute Gasteiger partial charge is 0.493 e.